The van der Waals surface area contributed by atoms with Gasteiger partial charge < -0.3 is 4.90 Å². The minimum Gasteiger partial charge on any atom is -0.336 e. The van der Waals surface area contributed by atoms with Crippen LogP contribution in [-0.4, -0.2) is 23.4 Å². The molecule has 1 amide bonds. The number of hydrogen-bond donors (Lipinski definition) is 0. The summed E-state index contributed by atoms with van der Waals surface area (Å²) in [4.78, 5) is 13.8. The summed E-state index contributed by atoms with van der Waals surface area (Å²) >= 11 is 0. The van der Waals surface area contributed by atoms with Gasteiger partial charge in [-0.3, -0.25) is 4.79 Å². The van der Waals surface area contributed by atoms with Crippen LogP contribution in [0.2, 0.25) is 0 Å². The van der Waals surface area contributed by atoms with E-state index < -0.39 is 17.5 Å². The topological polar surface area (TPSA) is 20.3 Å². The summed E-state index contributed by atoms with van der Waals surface area (Å²) in [6.45, 7) is 2.56. The molecular weight excluding hydrogens is 224 g/mol. The van der Waals surface area contributed by atoms with Gasteiger partial charge in [0.1, 0.15) is 0 Å². The molecule has 0 N–H and O–H groups in total. The summed E-state index contributed by atoms with van der Waals surface area (Å²) in [7, 11) is 0. The van der Waals surface area contributed by atoms with E-state index in [2.05, 4.69) is 0 Å². The molecule has 0 saturated heterocycles. The largest absolute Gasteiger partial charge is 0.336 e. The van der Waals surface area contributed by atoms with Crippen molar-refractivity contribution >= 4 is 5.91 Å². The van der Waals surface area contributed by atoms with Crippen LogP contribution in [0, 0.1) is 11.6 Å². The second kappa shape index (κ2) is 4.82. The van der Waals surface area contributed by atoms with Gasteiger partial charge in [0.15, 0.2) is 11.6 Å². The molecule has 0 atom stereocenters. The number of carbonyl (C=O) groups is 1. The monoisotopic (exact) mass is 239 g/mol. The van der Waals surface area contributed by atoms with Crippen molar-refractivity contribution in [2.45, 2.75) is 32.2 Å². The van der Waals surface area contributed by atoms with Crippen molar-refractivity contribution in [3.8, 4) is 0 Å². The van der Waals surface area contributed by atoms with E-state index in [0.29, 0.717) is 6.54 Å². The molecule has 0 aromatic heterocycles. The van der Waals surface area contributed by atoms with Gasteiger partial charge >= 0.3 is 0 Å². The second-order valence-electron chi connectivity index (χ2n) is 4.33. The predicted molar refractivity (Wildman–Crippen MR) is 60.7 cm³/mol. The average Bonchev–Trinajstić information content (AvgIpc) is 3.13. The molecule has 92 valence electrons. The molecule has 1 aromatic rings. The Morgan fingerprint density at radius 1 is 1.41 bits per heavy atom. The average molecular weight is 239 g/mol. The molecular formula is C13H15F2NO. The lowest BCUT2D eigenvalue weighted by Crippen LogP contribution is -2.34. The van der Waals surface area contributed by atoms with E-state index in [4.69, 9.17) is 0 Å². The van der Waals surface area contributed by atoms with Crippen LogP contribution in [0.1, 0.15) is 36.5 Å². The van der Waals surface area contributed by atoms with Crippen molar-refractivity contribution in [2.24, 2.45) is 0 Å². The molecule has 1 saturated carbocycles. The molecule has 0 unspecified atom stereocenters. The molecule has 4 heteroatoms. The quantitative estimate of drug-likeness (QED) is 0.791. The predicted octanol–water partition coefficient (Wildman–Crippen LogP) is 2.98. The molecule has 2 nitrogen and oxygen atoms in total. The first kappa shape index (κ1) is 12.0. The lowest BCUT2D eigenvalue weighted by molar-refractivity contribution is 0.0737. The highest BCUT2D eigenvalue weighted by atomic mass is 19.2. The maximum atomic E-state index is 13.5. The van der Waals surface area contributed by atoms with Crippen molar-refractivity contribution in [2.75, 3.05) is 6.54 Å². The fraction of sp³-hybridized carbons (Fsp3) is 0.462. The van der Waals surface area contributed by atoms with Gasteiger partial charge in [-0.15, -0.1) is 0 Å². The van der Waals surface area contributed by atoms with Crippen LogP contribution >= 0.6 is 0 Å². The summed E-state index contributed by atoms with van der Waals surface area (Å²) in [6, 6.07) is 3.94. The van der Waals surface area contributed by atoms with Crippen LogP contribution in [0.25, 0.3) is 0 Å². The molecule has 0 bridgehead atoms. The molecule has 0 spiro atoms. The number of halogens is 2. The highest BCUT2D eigenvalue weighted by Crippen LogP contribution is 2.29. The Hall–Kier alpha value is -1.45. The molecule has 1 aromatic carbocycles. The van der Waals surface area contributed by atoms with E-state index >= 15 is 0 Å². The number of rotatable bonds is 4. The van der Waals surface area contributed by atoms with E-state index in [1.54, 1.807) is 4.90 Å². The van der Waals surface area contributed by atoms with E-state index in [9.17, 15) is 13.6 Å². The van der Waals surface area contributed by atoms with Crippen LogP contribution in [-0.2, 0) is 0 Å². The Morgan fingerprint density at radius 2 is 2.12 bits per heavy atom. The summed E-state index contributed by atoms with van der Waals surface area (Å²) < 4.78 is 26.6. The molecule has 0 aliphatic heterocycles. The van der Waals surface area contributed by atoms with Gasteiger partial charge in [0.25, 0.3) is 5.91 Å². The number of hydrogen-bond acceptors (Lipinski definition) is 1. The normalized spacial score (nSPS) is 14.8. The van der Waals surface area contributed by atoms with Crippen molar-refractivity contribution in [3.05, 3.63) is 35.4 Å². The summed E-state index contributed by atoms with van der Waals surface area (Å²) in [5.41, 5.74) is -0.162. The standard InChI is InChI=1S/C13H15F2NO/c1-2-8-16(9-6-7-9)13(17)10-4-3-5-11(14)12(10)15/h3-5,9H,2,6-8H2,1H3. The SMILES string of the molecule is CCCN(C(=O)c1cccc(F)c1F)C1CC1. The van der Waals surface area contributed by atoms with Crippen molar-refractivity contribution in [3.63, 3.8) is 0 Å². The highest BCUT2D eigenvalue weighted by Gasteiger charge is 2.33. The van der Waals surface area contributed by atoms with Crippen LogP contribution in [0.5, 0.6) is 0 Å². The van der Waals surface area contributed by atoms with Crippen LogP contribution < -0.4 is 0 Å². The minimum absolute atomic E-state index is 0.162. The summed E-state index contributed by atoms with van der Waals surface area (Å²) in [6.07, 6.45) is 2.74. The lowest BCUT2D eigenvalue weighted by atomic mass is 10.1. The smallest absolute Gasteiger partial charge is 0.257 e. The highest BCUT2D eigenvalue weighted by molar-refractivity contribution is 5.94. The van der Waals surface area contributed by atoms with Gasteiger partial charge in [0.05, 0.1) is 5.56 Å². The van der Waals surface area contributed by atoms with Crippen molar-refractivity contribution in [1.29, 1.82) is 0 Å². The van der Waals surface area contributed by atoms with E-state index in [0.717, 1.165) is 25.3 Å². The van der Waals surface area contributed by atoms with Gasteiger partial charge in [-0.25, -0.2) is 8.78 Å². The molecule has 1 aliphatic carbocycles. The minimum atomic E-state index is -1.04. The number of amides is 1. The Labute approximate surface area is 99.2 Å². The van der Waals surface area contributed by atoms with Crippen LogP contribution in [0.4, 0.5) is 8.78 Å². The van der Waals surface area contributed by atoms with Crippen LogP contribution in [0.15, 0.2) is 18.2 Å². The van der Waals surface area contributed by atoms with Gasteiger partial charge in [-0.2, -0.15) is 0 Å². The Kier molecular flexibility index (Phi) is 3.41. The zero-order valence-electron chi connectivity index (χ0n) is 9.75. The summed E-state index contributed by atoms with van der Waals surface area (Å²) in [5, 5.41) is 0. The molecule has 0 radical (unpaired) electrons. The Bertz CT molecular complexity index is 429. The first-order valence-corrected chi connectivity index (χ1v) is 5.90. The zero-order chi connectivity index (χ0) is 12.4. The van der Waals surface area contributed by atoms with E-state index in [-0.39, 0.29) is 11.6 Å². The third kappa shape index (κ3) is 2.46. The molecule has 1 aliphatic rings. The lowest BCUT2D eigenvalue weighted by Gasteiger charge is -2.22. The number of carbonyl (C=O) groups excluding carboxylic acids is 1. The summed E-state index contributed by atoms with van der Waals surface area (Å²) in [5.74, 6) is -2.41. The first-order chi connectivity index (χ1) is 8.15. The number of benzene rings is 1. The molecule has 0 heterocycles. The maximum Gasteiger partial charge on any atom is 0.257 e. The first-order valence-electron chi connectivity index (χ1n) is 5.90. The van der Waals surface area contributed by atoms with Gasteiger partial charge in [-0.1, -0.05) is 13.0 Å². The fourth-order valence-corrected chi connectivity index (χ4v) is 1.90. The second-order valence-corrected chi connectivity index (χ2v) is 4.33. The molecule has 2 rings (SSSR count). The number of nitrogens with zero attached hydrogens (tertiary/aromatic N) is 1. The molecule has 17 heavy (non-hydrogen) atoms. The zero-order valence-corrected chi connectivity index (χ0v) is 9.75. The van der Waals surface area contributed by atoms with Crippen molar-refractivity contribution in [1.82, 2.24) is 4.90 Å². The Balaban J connectivity index is 2.25. The van der Waals surface area contributed by atoms with Crippen LogP contribution in [0.3, 0.4) is 0 Å². The third-order valence-electron chi connectivity index (χ3n) is 2.90. The van der Waals surface area contributed by atoms with Gasteiger partial charge in [0, 0.05) is 12.6 Å². The van der Waals surface area contributed by atoms with Gasteiger partial charge in [-0.05, 0) is 31.4 Å². The molecule has 1 fully saturated rings. The van der Waals surface area contributed by atoms with Gasteiger partial charge in [0.2, 0.25) is 0 Å². The fourth-order valence-electron chi connectivity index (χ4n) is 1.90. The maximum absolute atomic E-state index is 13.5. The van der Waals surface area contributed by atoms with Crippen molar-refractivity contribution < 1.29 is 13.6 Å². The third-order valence-corrected chi connectivity index (χ3v) is 2.90. The van der Waals surface area contributed by atoms with E-state index in [1.165, 1.54) is 12.1 Å². The van der Waals surface area contributed by atoms with E-state index in [1.807, 2.05) is 6.92 Å². The Morgan fingerprint density at radius 3 is 2.71 bits per heavy atom.